The summed E-state index contributed by atoms with van der Waals surface area (Å²) in [6.45, 7) is 1.04. The second-order valence-electron chi connectivity index (χ2n) is 4.77. The average Bonchev–Trinajstić information content (AvgIpc) is 2.92. The SMILES string of the molecule is O=CCCC1CCCN1C(=O)OCc1ccccc1. The summed E-state index contributed by atoms with van der Waals surface area (Å²) >= 11 is 0. The summed E-state index contributed by atoms with van der Waals surface area (Å²) in [4.78, 5) is 24.2. The quantitative estimate of drug-likeness (QED) is 0.766. The lowest BCUT2D eigenvalue weighted by Crippen LogP contribution is -2.35. The van der Waals surface area contributed by atoms with E-state index in [-0.39, 0.29) is 12.1 Å². The molecule has 1 heterocycles. The zero-order valence-electron chi connectivity index (χ0n) is 11.0. The molecule has 1 atom stereocenters. The highest BCUT2D eigenvalue weighted by molar-refractivity contribution is 5.68. The fourth-order valence-electron chi connectivity index (χ4n) is 2.44. The Morgan fingerprint density at radius 2 is 2.16 bits per heavy atom. The molecule has 1 fully saturated rings. The lowest BCUT2D eigenvalue weighted by molar-refractivity contribution is -0.108. The smallest absolute Gasteiger partial charge is 0.410 e. The summed E-state index contributed by atoms with van der Waals surface area (Å²) in [5, 5.41) is 0. The van der Waals surface area contributed by atoms with Crippen molar-refractivity contribution in [3.05, 3.63) is 35.9 Å². The molecule has 1 aliphatic heterocycles. The minimum Gasteiger partial charge on any atom is -0.445 e. The fourth-order valence-corrected chi connectivity index (χ4v) is 2.44. The van der Waals surface area contributed by atoms with Crippen LogP contribution in [0.2, 0.25) is 0 Å². The zero-order valence-corrected chi connectivity index (χ0v) is 11.0. The van der Waals surface area contributed by atoms with Gasteiger partial charge in [-0.1, -0.05) is 30.3 Å². The molecule has 0 aromatic heterocycles. The number of hydrogen-bond donors (Lipinski definition) is 0. The van der Waals surface area contributed by atoms with Crippen molar-refractivity contribution in [1.29, 1.82) is 0 Å². The van der Waals surface area contributed by atoms with Crippen LogP contribution in [0.1, 0.15) is 31.2 Å². The predicted octanol–water partition coefficient (Wildman–Crippen LogP) is 2.77. The highest BCUT2D eigenvalue weighted by Gasteiger charge is 2.29. The summed E-state index contributed by atoms with van der Waals surface area (Å²) in [6, 6.07) is 9.80. The Hall–Kier alpha value is -1.84. The van der Waals surface area contributed by atoms with Gasteiger partial charge in [-0.25, -0.2) is 4.79 Å². The Morgan fingerprint density at radius 1 is 1.37 bits per heavy atom. The summed E-state index contributed by atoms with van der Waals surface area (Å²) in [7, 11) is 0. The van der Waals surface area contributed by atoms with Gasteiger partial charge in [0.2, 0.25) is 0 Å². The molecule has 0 aliphatic carbocycles. The third kappa shape index (κ3) is 3.81. The first kappa shape index (κ1) is 13.6. The lowest BCUT2D eigenvalue weighted by Gasteiger charge is -2.23. The molecule has 2 rings (SSSR count). The molecule has 4 heteroatoms. The van der Waals surface area contributed by atoms with Crippen molar-refractivity contribution in [3.63, 3.8) is 0 Å². The number of carbonyl (C=O) groups is 2. The molecular formula is C15H19NO3. The van der Waals surface area contributed by atoms with Crippen LogP contribution in [0.4, 0.5) is 4.79 Å². The summed E-state index contributed by atoms with van der Waals surface area (Å²) in [5.74, 6) is 0. The molecule has 0 spiro atoms. The molecule has 1 aliphatic rings. The highest BCUT2D eigenvalue weighted by atomic mass is 16.6. The van der Waals surface area contributed by atoms with E-state index in [4.69, 9.17) is 4.74 Å². The van der Waals surface area contributed by atoms with Crippen molar-refractivity contribution in [2.24, 2.45) is 0 Å². The molecule has 0 saturated carbocycles. The van der Waals surface area contributed by atoms with Gasteiger partial charge in [-0.2, -0.15) is 0 Å². The van der Waals surface area contributed by atoms with Gasteiger partial charge in [-0.05, 0) is 24.8 Å². The van der Waals surface area contributed by atoms with E-state index in [1.54, 1.807) is 4.90 Å². The average molecular weight is 261 g/mol. The van der Waals surface area contributed by atoms with Gasteiger partial charge in [0.1, 0.15) is 12.9 Å². The monoisotopic (exact) mass is 261 g/mol. The van der Waals surface area contributed by atoms with Crippen LogP contribution in [-0.4, -0.2) is 29.9 Å². The number of hydrogen-bond acceptors (Lipinski definition) is 3. The molecule has 0 radical (unpaired) electrons. The van der Waals surface area contributed by atoms with E-state index in [1.807, 2.05) is 30.3 Å². The second kappa shape index (κ2) is 6.92. The number of likely N-dealkylation sites (tertiary alicyclic amines) is 1. The van der Waals surface area contributed by atoms with Crippen LogP contribution in [-0.2, 0) is 16.1 Å². The maximum atomic E-state index is 12.0. The Kier molecular flexibility index (Phi) is 4.95. The number of nitrogens with zero attached hydrogens (tertiary/aromatic N) is 1. The highest BCUT2D eigenvalue weighted by Crippen LogP contribution is 2.22. The van der Waals surface area contributed by atoms with Gasteiger partial charge in [-0.15, -0.1) is 0 Å². The van der Waals surface area contributed by atoms with E-state index in [0.717, 1.165) is 37.7 Å². The van der Waals surface area contributed by atoms with Crippen LogP contribution in [0.25, 0.3) is 0 Å². The third-order valence-corrected chi connectivity index (χ3v) is 3.43. The van der Waals surface area contributed by atoms with Gasteiger partial charge in [0.25, 0.3) is 0 Å². The number of ether oxygens (including phenoxy) is 1. The molecule has 1 saturated heterocycles. The Bertz CT molecular complexity index is 419. The minimum absolute atomic E-state index is 0.161. The van der Waals surface area contributed by atoms with E-state index in [0.29, 0.717) is 13.0 Å². The molecule has 0 bridgehead atoms. The molecule has 1 aromatic rings. The summed E-state index contributed by atoms with van der Waals surface area (Å²) < 4.78 is 5.32. The first-order valence-corrected chi connectivity index (χ1v) is 6.72. The van der Waals surface area contributed by atoms with Crippen LogP contribution in [0.3, 0.4) is 0 Å². The Morgan fingerprint density at radius 3 is 2.89 bits per heavy atom. The van der Waals surface area contributed by atoms with Gasteiger partial charge in [0.15, 0.2) is 0 Å². The van der Waals surface area contributed by atoms with Crippen LogP contribution in [0.5, 0.6) is 0 Å². The first-order valence-electron chi connectivity index (χ1n) is 6.72. The van der Waals surface area contributed by atoms with E-state index < -0.39 is 0 Å². The van der Waals surface area contributed by atoms with E-state index >= 15 is 0 Å². The number of carbonyl (C=O) groups excluding carboxylic acids is 2. The van der Waals surface area contributed by atoms with Gasteiger partial charge in [-0.3, -0.25) is 0 Å². The Labute approximate surface area is 113 Å². The second-order valence-corrected chi connectivity index (χ2v) is 4.77. The van der Waals surface area contributed by atoms with Crippen molar-refractivity contribution >= 4 is 12.4 Å². The minimum atomic E-state index is -0.266. The van der Waals surface area contributed by atoms with Crippen molar-refractivity contribution < 1.29 is 14.3 Å². The standard InChI is InChI=1S/C15H19NO3/c17-11-5-9-14-8-4-10-16(14)15(18)19-12-13-6-2-1-3-7-13/h1-3,6-7,11,14H,4-5,8-10,12H2. The van der Waals surface area contributed by atoms with E-state index in [9.17, 15) is 9.59 Å². The van der Waals surface area contributed by atoms with Gasteiger partial charge in [0.05, 0.1) is 0 Å². The van der Waals surface area contributed by atoms with E-state index in [2.05, 4.69) is 0 Å². The number of benzene rings is 1. The summed E-state index contributed by atoms with van der Waals surface area (Å²) in [5.41, 5.74) is 0.986. The zero-order chi connectivity index (χ0) is 13.5. The molecule has 102 valence electrons. The topological polar surface area (TPSA) is 46.6 Å². The normalized spacial score (nSPS) is 18.3. The third-order valence-electron chi connectivity index (χ3n) is 3.43. The van der Waals surface area contributed by atoms with Crippen LogP contribution >= 0.6 is 0 Å². The maximum Gasteiger partial charge on any atom is 0.410 e. The maximum absolute atomic E-state index is 12.0. The largest absolute Gasteiger partial charge is 0.445 e. The van der Waals surface area contributed by atoms with Crippen molar-refractivity contribution in [3.8, 4) is 0 Å². The van der Waals surface area contributed by atoms with Gasteiger partial charge >= 0.3 is 6.09 Å². The van der Waals surface area contributed by atoms with Crippen LogP contribution < -0.4 is 0 Å². The van der Waals surface area contributed by atoms with Crippen molar-refractivity contribution in [2.75, 3.05) is 6.54 Å². The fraction of sp³-hybridized carbons (Fsp3) is 0.467. The lowest BCUT2D eigenvalue weighted by atomic mass is 10.1. The Balaban J connectivity index is 1.83. The molecule has 0 N–H and O–H groups in total. The van der Waals surface area contributed by atoms with E-state index in [1.165, 1.54) is 0 Å². The molecule has 4 nitrogen and oxygen atoms in total. The molecule has 1 aromatic carbocycles. The van der Waals surface area contributed by atoms with Crippen molar-refractivity contribution in [1.82, 2.24) is 4.90 Å². The number of amides is 1. The van der Waals surface area contributed by atoms with Crippen LogP contribution in [0, 0.1) is 0 Å². The van der Waals surface area contributed by atoms with Gasteiger partial charge in [0, 0.05) is 19.0 Å². The molecular weight excluding hydrogens is 242 g/mol. The predicted molar refractivity (Wildman–Crippen MR) is 71.7 cm³/mol. The van der Waals surface area contributed by atoms with Gasteiger partial charge < -0.3 is 14.4 Å². The molecule has 1 amide bonds. The molecule has 19 heavy (non-hydrogen) atoms. The number of rotatable bonds is 5. The van der Waals surface area contributed by atoms with Crippen LogP contribution in [0.15, 0.2) is 30.3 Å². The first-order chi connectivity index (χ1) is 9.31. The number of aldehydes is 1. The molecule has 1 unspecified atom stereocenters. The summed E-state index contributed by atoms with van der Waals surface area (Å²) in [6.07, 6.45) is 3.85. The van der Waals surface area contributed by atoms with Crippen molar-refractivity contribution in [2.45, 2.75) is 38.3 Å².